The van der Waals surface area contributed by atoms with Crippen molar-refractivity contribution in [3.05, 3.63) is 12.7 Å². The normalized spacial score (nSPS) is 24.2. The second-order valence-electron chi connectivity index (χ2n) is 3.06. The summed E-state index contributed by atoms with van der Waals surface area (Å²) < 4.78 is 0. The third-order valence-electron chi connectivity index (χ3n) is 1.91. The standard InChI is InChI=1S/C8H15N3O/c1-2-3-7-4-11(6-10-7)5-8(9)12/h2,7,10H,1,3-6H2,(H2,9,12). The molecule has 0 aromatic rings. The van der Waals surface area contributed by atoms with E-state index in [1.54, 1.807) is 0 Å². The van der Waals surface area contributed by atoms with Crippen LogP contribution in [0.15, 0.2) is 12.7 Å². The fourth-order valence-electron chi connectivity index (χ4n) is 1.40. The Labute approximate surface area is 72.4 Å². The molecule has 0 saturated carbocycles. The van der Waals surface area contributed by atoms with Gasteiger partial charge >= 0.3 is 0 Å². The largest absolute Gasteiger partial charge is 0.369 e. The van der Waals surface area contributed by atoms with E-state index in [1.807, 2.05) is 11.0 Å². The summed E-state index contributed by atoms with van der Waals surface area (Å²) in [5.41, 5.74) is 5.06. The van der Waals surface area contributed by atoms with Gasteiger partial charge in [0.05, 0.1) is 6.54 Å². The van der Waals surface area contributed by atoms with Gasteiger partial charge in [0.2, 0.25) is 5.91 Å². The van der Waals surface area contributed by atoms with Gasteiger partial charge < -0.3 is 5.73 Å². The number of nitrogens with one attached hydrogen (secondary N) is 1. The van der Waals surface area contributed by atoms with Crippen molar-refractivity contribution in [2.24, 2.45) is 5.73 Å². The van der Waals surface area contributed by atoms with Crippen molar-refractivity contribution in [3.63, 3.8) is 0 Å². The number of carbonyl (C=O) groups is 1. The van der Waals surface area contributed by atoms with Crippen LogP contribution in [0.4, 0.5) is 0 Å². The predicted octanol–water partition coefficient (Wildman–Crippen LogP) is -0.721. The summed E-state index contributed by atoms with van der Waals surface area (Å²) in [5.74, 6) is -0.268. The van der Waals surface area contributed by atoms with E-state index >= 15 is 0 Å². The van der Waals surface area contributed by atoms with E-state index in [-0.39, 0.29) is 5.91 Å². The molecule has 0 aliphatic carbocycles. The minimum Gasteiger partial charge on any atom is -0.369 e. The van der Waals surface area contributed by atoms with Crippen LogP contribution in [0.3, 0.4) is 0 Å². The third-order valence-corrected chi connectivity index (χ3v) is 1.91. The quantitative estimate of drug-likeness (QED) is 0.546. The maximum absolute atomic E-state index is 10.6. The zero-order valence-corrected chi connectivity index (χ0v) is 7.12. The van der Waals surface area contributed by atoms with Gasteiger partial charge in [-0.1, -0.05) is 6.08 Å². The van der Waals surface area contributed by atoms with Gasteiger partial charge in [-0.3, -0.25) is 15.0 Å². The SMILES string of the molecule is C=CCC1CN(CC(N)=O)CN1. The number of hydrogen-bond donors (Lipinski definition) is 2. The smallest absolute Gasteiger partial charge is 0.231 e. The molecule has 0 aromatic heterocycles. The Kier molecular flexibility index (Phi) is 3.25. The van der Waals surface area contributed by atoms with Crippen molar-refractivity contribution in [1.82, 2.24) is 10.2 Å². The number of amides is 1. The van der Waals surface area contributed by atoms with Crippen molar-refractivity contribution in [1.29, 1.82) is 0 Å². The molecule has 68 valence electrons. The molecule has 1 atom stereocenters. The molecule has 3 N–H and O–H groups in total. The van der Waals surface area contributed by atoms with E-state index < -0.39 is 0 Å². The Morgan fingerprint density at radius 3 is 3.17 bits per heavy atom. The molecule has 1 fully saturated rings. The van der Waals surface area contributed by atoms with Crippen LogP contribution in [-0.2, 0) is 4.79 Å². The molecule has 12 heavy (non-hydrogen) atoms. The maximum atomic E-state index is 10.6. The number of hydrogen-bond acceptors (Lipinski definition) is 3. The average Bonchev–Trinajstić information content (AvgIpc) is 2.36. The number of primary amides is 1. The molecule has 1 rings (SSSR count). The molecule has 1 saturated heterocycles. The fraction of sp³-hybridized carbons (Fsp3) is 0.625. The Morgan fingerprint density at radius 1 is 1.83 bits per heavy atom. The van der Waals surface area contributed by atoms with Crippen molar-refractivity contribution < 1.29 is 4.79 Å². The van der Waals surface area contributed by atoms with Gasteiger partial charge in [-0.25, -0.2) is 0 Å². The van der Waals surface area contributed by atoms with Gasteiger partial charge in [-0.05, 0) is 6.42 Å². The lowest BCUT2D eigenvalue weighted by Gasteiger charge is -2.10. The Hall–Kier alpha value is -0.870. The van der Waals surface area contributed by atoms with Gasteiger partial charge in [-0.15, -0.1) is 6.58 Å². The number of nitrogens with zero attached hydrogens (tertiary/aromatic N) is 1. The van der Waals surface area contributed by atoms with E-state index in [1.165, 1.54) is 0 Å². The number of rotatable bonds is 4. The van der Waals surface area contributed by atoms with Crippen LogP contribution in [0.1, 0.15) is 6.42 Å². The highest BCUT2D eigenvalue weighted by atomic mass is 16.1. The topological polar surface area (TPSA) is 58.4 Å². The summed E-state index contributed by atoms with van der Waals surface area (Å²) in [5, 5.41) is 3.26. The van der Waals surface area contributed by atoms with Gasteiger partial charge in [0.1, 0.15) is 0 Å². The number of carbonyl (C=O) groups excluding carboxylic acids is 1. The molecule has 1 amide bonds. The Bertz CT molecular complexity index is 181. The first-order valence-corrected chi connectivity index (χ1v) is 4.07. The van der Waals surface area contributed by atoms with Crippen LogP contribution in [0.5, 0.6) is 0 Å². The highest BCUT2D eigenvalue weighted by molar-refractivity contribution is 5.75. The van der Waals surface area contributed by atoms with Crippen LogP contribution >= 0.6 is 0 Å². The molecule has 1 heterocycles. The Balaban J connectivity index is 2.25. The molecule has 4 nitrogen and oxygen atoms in total. The van der Waals surface area contributed by atoms with Gasteiger partial charge in [0, 0.05) is 19.3 Å². The van der Waals surface area contributed by atoms with Crippen molar-refractivity contribution >= 4 is 5.91 Å². The summed E-state index contributed by atoms with van der Waals surface area (Å²) >= 11 is 0. The van der Waals surface area contributed by atoms with E-state index in [2.05, 4.69) is 11.9 Å². The highest BCUT2D eigenvalue weighted by Gasteiger charge is 2.20. The third kappa shape index (κ3) is 2.64. The molecule has 0 spiro atoms. The van der Waals surface area contributed by atoms with E-state index in [0.717, 1.165) is 19.6 Å². The van der Waals surface area contributed by atoms with E-state index in [9.17, 15) is 4.79 Å². The number of nitrogens with two attached hydrogens (primary N) is 1. The minimum absolute atomic E-state index is 0.268. The summed E-state index contributed by atoms with van der Waals surface area (Å²) in [4.78, 5) is 12.5. The van der Waals surface area contributed by atoms with Crippen LogP contribution in [-0.4, -0.2) is 36.6 Å². The summed E-state index contributed by atoms with van der Waals surface area (Å²) in [6, 6.07) is 0.432. The second kappa shape index (κ2) is 4.23. The predicted molar refractivity (Wildman–Crippen MR) is 47.4 cm³/mol. The molecule has 1 aliphatic rings. The average molecular weight is 169 g/mol. The van der Waals surface area contributed by atoms with E-state index in [0.29, 0.717) is 12.6 Å². The van der Waals surface area contributed by atoms with E-state index in [4.69, 9.17) is 5.73 Å². The molecular formula is C8H15N3O. The van der Waals surface area contributed by atoms with Gasteiger partial charge in [0.25, 0.3) is 0 Å². The highest BCUT2D eigenvalue weighted by Crippen LogP contribution is 2.03. The lowest BCUT2D eigenvalue weighted by atomic mass is 10.2. The van der Waals surface area contributed by atoms with Crippen LogP contribution in [0, 0.1) is 0 Å². The first-order valence-electron chi connectivity index (χ1n) is 4.07. The lowest BCUT2D eigenvalue weighted by Crippen LogP contribution is -2.32. The van der Waals surface area contributed by atoms with Crippen molar-refractivity contribution in [3.8, 4) is 0 Å². The maximum Gasteiger partial charge on any atom is 0.231 e. The molecule has 4 heteroatoms. The molecule has 0 aromatic carbocycles. The zero-order chi connectivity index (χ0) is 8.97. The molecule has 1 aliphatic heterocycles. The summed E-state index contributed by atoms with van der Waals surface area (Å²) in [6.07, 6.45) is 2.82. The van der Waals surface area contributed by atoms with Crippen molar-refractivity contribution in [2.45, 2.75) is 12.5 Å². The first-order chi connectivity index (χ1) is 5.72. The van der Waals surface area contributed by atoms with Crippen LogP contribution in [0.2, 0.25) is 0 Å². The Morgan fingerprint density at radius 2 is 2.58 bits per heavy atom. The second-order valence-corrected chi connectivity index (χ2v) is 3.06. The summed E-state index contributed by atoms with van der Waals surface area (Å²) in [6.45, 7) is 5.64. The monoisotopic (exact) mass is 169 g/mol. The fourth-order valence-corrected chi connectivity index (χ4v) is 1.40. The molecule has 0 radical (unpaired) electrons. The summed E-state index contributed by atoms with van der Waals surface area (Å²) in [7, 11) is 0. The zero-order valence-electron chi connectivity index (χ0n) is 7.12. The van der Waals surface area contributed by atoms with Gasteiger partial charge in [-0.2, -0.15) is 0 Å². The van der Waals surface area contributed by atoms with Gasteiger partial charge in [0.15, 0.2) is 0 Å². The molecular weight excluding hydrogens is 154 g/mol. The lowest BCUT2D eigenvalue weighted by molar-refractivity contribution is -0.118. The van der Waals surface area contributed by atoms with Crippen LogP contribution in [0.25, 0.3) is 0 Å². The minimum atomic E-state index is -0.268. The van der Waals surface area contributed by atoms with Crippen molar-refractivity contribution in [2.75, 3.05) is 19.8 Å². The van der Waals surface area contributed by atoms with Crippen LogP contribution < -0.4 is 11.1 Å². The molecule has 1 unspecified atom stereocenters. The molecule has 0 bridgehead atoms. The first kappa shape index (κ1) is 9.22.